The topological polar surface area (TPSA) is 22.1 Å². The molecule has 0 saturated heterocycles. The Morgan fingerprint density at radius 2 is 1.58 bits per heavy atom. The molecule has 3 aromatic rings. The molecule has 1 radical (unpaired) electrons. The molecule has 0 spiro atoms. The van der Waals surface area contributed by atoms with E-state index in [1.165, 1.54) is 16.9 Å². The van der Waals surface area contributed by atoms with Crippen molar-refractivity contribution in [2.45, 2.75) is 6.92 Å². The van der Waals surface area contributed by atoms with Gasteiger partial charge in [0.05, 0.1) is 5.69 Å². The number of thiazole rings is 1. The van der Waals surface area contributed by atoms with Crippen molar-refractivity contribution in [2.24, 2.45) is 0 Å². The van der Waals surface area contributed by atoms with E-state index >= 15 is 0 Å². The third-order valence-corrected chi connectivity index (χ3v) is 3.33. The first kappa shape index (κ1) is 11.9. The summed E-state index contributed by atoms with van der Waals surface area (Å²) in [6.07, 6.45) is 0. The summed E-state index contributed by atoms with van der Waals surface area (Å²) in [7, 11) is 0. The van der Waals surface area contributed by atoms with Gasteiger partial charge in [0.1, 0.15) is 11.5 Å². The molecule has 2 aromatic carbocycles. The zero-order valence-electron chi connectivity index (χ0n) is 10.5. The minimum atomic E-state index is 0.826. The molecule has 0 unspecified atom stereocenters. The van der Waals surface area contributed by atoms with Gasteiger partial charge in [-0.25, -0.2) is 4.98 Å². The molecule has 0 fully saturated rings. The molecule has 0 atom stereocenters. The van der Waals surface area contributed by atoms with Crippen LogP contribution in [0.2, 0.25) is 0 Å². The van der Waals surface area contributed by atoms with Crippen LogP contribution in [0.3, 0.4) is 0 Å². The Labute approximate surface area is 116 Å². The van der Waals surface area contributed by atoms with E-state index in [4.69, 9.17) is 4.74 Å². The monoisotopic (exact) mass is 266 g/mol. The Morgan fingerprint density at radius 1 is 0.947 bits per heavy atom. The minimum absolute atomic E-state index is 0.826. The van der Waals surface area contributed by atoms with Crippen LogP contribution in [0.25, 0.3) is 11.3 Å². The van der Waals surface area contributed by atoms with Crippen molar-refractivity contribution in [1.29, 1.82) is 0 Å². The van der Waals surface area contributed by atoms with E-state index in [9.17, 15) is 0 Å². The number of hydrogen-bond donors (Lipinski definition) is 0. The quantitative estimate of drug-likeness (QED) is 0.685. The third-order valence-electron chi connectivity index (χ3n) is 2.80. The van der Waals surface area contributed by atoms with Gasteiger partial charge in [-0.05, 0) is 43.3 Å². The van der Waals surface area contributed by atoms with E-state index < -0.39 is 0 Å². The summed E-state index contributed by atoms with van der Waals surface area (Å²) in [5.74, 6) is 1.67. The molecule has 0 amide bonds. The summed E-state index contributed by atoms with van der Waals surface area (Å²) < 4.78 is 5.78. The number of aryl methyl sites for hydroxylation is 1. The zero-order valence-corrected chi connectivity index (χ0v) is 11.3. The third kappa shape index (κ3) is 2.83. The van der Waals surface area contributed by atoms with Crippen LogP contribution >= 0.6 is 11.3 Å². The number of nitrogens with zero attached hydrogens (tertiary/aromatic N) is 1. The molecule has 0 bridgehead atoms. The number of aromatic nitrogens is 1. The average molecular weight is 266 g/mol. The molecule has 19 heavy (non-hydrogen) atoms. The van der Waals surface area contributed by atoms with E-state index in [1.54, 1.807) is 0 Å². The highest BCUT2D eigenvalue weighted by Crippen LogP contribution is 2.25. The van der Waals surface area contributed by atoms with E-state index in [1.807, 2.05) is 53.9 Å². The standard InChI is InChI=1S/C16H12NOS/c1-12-2-6-14(7-3-12)18-15-8-4-13(5-9-15)16-10-19-11-17-16/h2-10H,1H3. The average Bonchev–Trinajstić information content (AvgIpc) is 2.96. The Morgan fingerprint density at radius 3 is 2.16 bits per heavy atom. The maximum absolute atomic E-state index is 5.78. The molecular weight excluding hydrogens is 254 g/mol. The first-order chi connectivity index (χ1) is 9.31. The first-order valence-electron chi connectivity index (χ1n) is 5.98. The van der Waals surface area contributed by atoms with Gasteiger partial charge >= 0.3 is 0 Å². The summed E-state index contributed by atoms with van der Waals surface area (Å²) in [6, 6.07) is 15.9. The van der Waals surface area contributed by atoms with Gasteiger partial charge in [0, 0.05) is 10.9 Å². The van der Waals surface area contributed by atoms with Gasteiger partial charge in [-0.3, -0.25) is 0 Å². The van der Waals surface area contributed by atoms with E-state index in [-0.39, 0.29) is 0 Å². The van der Waals surface area contributed by atoms with E-state index in [0.29, 0.717) is 0 Å². The molecule has 0 aliphatic carbocycles. The van der Waals surface area contributed by atoms with Gasteiger partial charge in [0.25, 0.3) is 0 Å². The molecule has 3 rings (SSSR count). The molecule has 0 N–H and O–H groups in total. The van der Waals surface area contributed by atoms with Gasteiger partial charge in [-0.15, -0.1) is 11.3 Å². The summed E-state index contributed by atoms with van der Waals surface area (Å²) in [5, 5.41) is 1.98. The highest BCUT2D eigenvalue weighted by molar-refractivity contribution is 7.07. The predicted molar refractivity (Wildman–Crippen MR) is 77.6 cm³/mol. The maximum atomic E-state index is 5.78. The van der Waals surface area contributed by atoms with Crippen molar-refractivity contribution in [3.05, 3.63) is 65.0 Å². The second-order valence-electron chi connectivity index (χ2n) is 4.26. The van der Waals surface area contributed by atoms with Crippen LogP contribution in [-0.2, 0) is 0 Å². The van der Waals surface area contributed by atoms with Gasteiger partial charge in [0.15, 0.2) is 5.51 Å². The van der Waals surface area contributed by atoms with E-state index in [0.717, 1.165) is 22.8 Å². The molecule has 0 aliphatic rings. The number of ether oxygens (including phenoxy) is 1. The van der Waals surface area contributed by atoms with Crippen LogP contribution in [-0.4, -0.2) is 4.98 Å². The molecular formula is C16H12NOS. The van der Waals surface area contributed by atoms with Crippen molar-refractivity contribution >= 4 is 11.3 Å². The molecule has 93 valence electrons. The highest BCUT2D eigenvalue weighted by atomic mass is 32.1. The number of hydrogen-bond acceptors (Lipinski definition) is 3. The lowest BCUT2D eigenvalue weighted by molar-refractivity contribution is 0.482. The van der Waals surface area contributed by atoms with Crippen molar-refractivity contribution in [2.75, 3.05) is 0 Å². The fraction of sp³-hybridized carbons (Fsp3) is 0.0625. The molecule has 1 heterocycles. The van der Waals surface area contributed by atoms with Crippen molar-refractivity contribution in [3.8, 4) is 22.8 Å². The van der Waals surface area contributed by atoms with Crippen LogP contribution in [0.4, 0.5) is 0 Å². The van der Waals surface area contributed by atoms with Crippen LogP contribution < -0.4 is 4.74 Å². The Balaban J connectivity index is 1.77. The second kappa shape index (κ2) is 5.24. The largest absolute Gasteiger partial charge is 0.457 e. The van der Waals surface area contributed by atoms with Gasteiger partial charge < -0.3 is 4.74 Å². The summed E-state index contributed by atoms with van der Waals surface area (Å²) in [6.45, 7) is 2.06. The van der Waals surface area contributed by atoms with E-state index in [2.05, 4.69) is 17.4 Å². The Bertz CT molecular complexity index is 642. The summed E-state index contributed by atoms with van der Waals surface area (Å²) in [5.41, 5.74) is 6.10. The highest BCUT2D eigenvalue weighted by Gasteiger charge is 2.01. The van der Waals surface area contributed by atoms with Gasteiger partial charge in [-0.1, -0.05) is 17.7 Å². The molecule has 1 aromatic heterocycles. The predicted octanol–water partition coefficient (Wildman–Crippen LogP) is 4.71. The molecule has 0 aliphatic heterocycles. The normalized spacial score (nSPS) is 10.4. The summed E-state index contributed by atoms with van der Waals surface area (Å²) in [4.78, 5) is 4.16. The Kier molecular flexibility index (Phi) is 3.29. The fourth-order valence-electron chi connectivity index (χ4n) is 1.75. The summed E-state index contributed by atoms with van der Waals surface area (Å²) >= 11 is 1.48. The second-order valence-corrected chi connectivity index (χ2v) is 4.92. The minimum Gasteiger partial charge on any atom is -0.457 e. The first-order valence-corrected chi connectivity index (χ1v) is 6.86. The lowest BCUT2D eigenvalue weighted by Crippen LogP contribution is -1.84. The lowest BCUT2D eigenvalue weighted by Gasteiger charge is -2.06. The SMILES string of the molecule is Cc1ccc(Oc2ccc(-c3cs[c]n3)cc2)cc1. The fourth-order valence-corrected chi connectivity index (χ4v) is 2.26. The van der Waals surface area contributed by atoms with Crippen LogP contribution in [0, 0.1) is 12.4 Å². The molecule has 0 saturated carbocycles. The van der Waals surface area contributed by atoms with Crippen molar-refractivity contribution < 1.29 is 4.74 Å². The van der Waals surface area contributed by atoms with Gasteiger partial charge in [0.2, 0.25) is 0 Å². The maximum Gasteiger partial charge on any atom is 0.152 e. The van der Waals surface area contributed by atoms with Crippen LogP contribution in [0.5, 0.6) is 11.5 Å². The van der Waals surface area contributed by atoms with Crippen LogP contribution in [0.1, 0.15) is 5.56 Å². The number of benzene rings is 2. The van der Waals surface area contributed by atoms with Crippen molar-refractivity contribution in [1.82, 2.24) is 4.98 Å². The smallest absolute Gasteiger partial charge is 0.152 e. The molecule has 3 heteroatoms. The number of rotatable bonds is 3. The van der Waals surface area contributed by atoms with Crippen molar-refractivity contribution in [3.63, 3.8) is 0 Å². The van der Waals surface area contributed by atoms with Crippen LogP contribution in [0.15, 0.2) is 53.9 Å². The Hall–Kier alpha value is -2.13. The van der Waals surface area contributed by atoms with Gasteiger partial charge in [-0.2, -0.15) is 0 Å². The molecule has 2 nitrogen and oxygen atoms in total. The zero-order chi connectivity index (χ0) is 13.1. The lowest BCUT2D eigenvalue weighted by atomic mass is 10.2.